The summed E-state index contributed by atoms with van der Waals surface area (Å²) in [6.45, 7) is 1.73. The van der Waals surface area contributed by atoms with Crippen molar-refractivity contribution in [3.05, 3.63) is 68.5 Å². The molecule has 1 aromatic heterocycles. The number of likely N-dealkylation sites (N-methyl/N-ethyl adjacent to an activating group) is 1. The first-order chi connectivity index (χ1) is 12.9. The van der Waals surface area contributed by atoms with Gasteiger partial charge in [0, 0.05) is 22.6 Å². The molecule has 0 aliphatic carbocycles. The molecule has 2 N–H and O–H groups in total. The number of anilines is 1. The van der Waals surface area contributed by atoms with Gasteiger partial charge in [-0.25, -0.2) is 5.10 Å². The molecule has 0 bridgehead atoms. The van der Waals surface area contributed by atoms with Crippen LogP contribution in [0.5, 0.6) is 0 Å². The van der Waals surface area contributed by atoms with E-state index >= 15 is 0 Å². The predicted molar refractivity (Wildman–Crippen MR) is 107 cm³/mol. The van der Waals surface area contributed by atoms with Crippen LogP contribution in [0.15, 0.2) is 51.7 Å². The minimum Gasteiger partial charge on any atom is -0.331 e. The molecule has 0 aliphatic rings. The third-order valence-electron chi connectivity index (χ3n) is 4.09. The van der Waals surface area contributed by atoms with E-state index in [-0.39, 0.29) is 23.7 Å². The fourth-order valence-corrected chi connectivity index (χ4v) is 3.18. The summed E-state index contributed by atoms with van der Waals surface area (Å²) >= 11 is 3.37. The van der Waals surface area contributed by atoms with E-state index in [1.807, 2.05) is 19.1 Å². The molecule has 0 saturated heterocycles. The zero-order valence-electron chi connectivity index (χ0n) is 14.7. The van der Waals surface area contributed by atoms with E-state index in [2.05, 4.69) is 31.4 Å². The van der Waals surface area contributed by atoms with Gasteiger partial charge < -0.3 is 10.2 Å². The van der Waals surface area contributed by atoms with Crippen LogP contribution in [0.25, 0.3) is 10.8 Å². The van der Waals surface area contributed by atoms with Crippen LogP contribution < -0.4 is 10.9 Å². The van der Waals surface area contributed by atoms with Gasteiger partial charge in [0.05, 0.1) is 11.9 Å². The van der Waals surface area contributed by atoms with Crippen molar-refractivity contribution in [3.63, 3.8) is 0 Å². The molecule has 0 unspecified atom stereocenters. The molecule has 3 aromatic rings. The number of hydrogen-bond acceptors (Lipinski definition) is 4. The summed E-state index contributed by atoms with van der Waals surface area (Å²) in [5.74, 6) is -0.782. The van der Waals surface area contributed by atoms with E-state index in [9.17, 15) is 14.4 Å². The van der Waals surface area contributed by atoms with Crippen molar-refractivity contribution >= 4 is 44.2 Å². The molecule has 0 radical (unpaired) electrons. The van der Waals surface area contributed by atoms with Crippen LogP contribution >= 0.6 is 15.9 Å². The van der Waals surface area contributed by atoms with Crippen LogP contribution in [0.1, 0.15) is 16.1 Å². The number of aryl methyl sites for hydroxylation is 1. The maximum atomic E-state index is 12.7. The maximum absolute atomic E-state index is 12.7. The van der Waals surface area contributed by atoms with Crippen LogP contribution in [0, 0.1) is 6.92 Å². The Kier molecular flexibility index (Phi) is 5.36. The molecule has 8 heteroatoms. The smallest absolute Gasteiger partial charge is 0.275 e. The van der Waals surface area contributed by atoms with Crippen LogP contribution in [-0.4, -0.2) is 40.5 Å². The molecular formula is C19H17BrN4O3. The Bertz CT molecular complexity index is 1090. The molecule has 0 spiro atoms. The lowest BCUT2D eigenvalue weighted by Crippen LogP contribution is -2.36. The molecule has 138 valence electrons. The van der Waals surface area contributed by atoms with Crippen LogP contribution in [-0.2, 0) is 4.79 Å². The van der Waals surface area contributed by atoms with E-state index in [4.69, 9.17) is 0 Å². The molecule has 27 heavy (non-hydrogen) atoms. The number of aromatic nitrogens is 2. The number of nitrogens with zero attached hydrogens (tertiary/aromatic N) is 2. The SMILES string of the molecule is Cc1cc(Br)ccc1NC(=O)CN(C)C(=O)c1n[nH]c(=O)c2ccccc12. The van der Waals surface area contributed by atoms with E-state index in [0.717, 1.165) is 10.0 Å². The highest BCUT2D eigenvalue weighted by molar-refractivity contribution is 9.10. The lowest BCUT2D eigenvalue weighted by atomic mass is 10.1. The fraction of sp³-hybridized carbons (Fsp3) is 0.158. The Morgan fingerprint density at radius 2 is 1.89 bits per heavy atom. The number of benzene rings is 2. The van der Waals surface area contributed by atoms with Crippen LogP contribution in [0.4, 0.5) is 5.69 Å². The summed E-state index contributed by atoms with van der Waals surface area (Å²) < 4.78 is 0.918. The number of rotatable bonds is 4. The number of halogens is 1. The average molecular weight is 429 g/mol. The highest BCUT2D eigenvalue weighted by atomic mass is 79.9. The second kappa shape index (κ2) is 7.71. The molecule has 0 saturated carbocycles. The number of fused-ring (bicyclic) bond motifs is 1. The molecule has 3 rings (SSSR count). The third-order valence-corrected chi connectivity index (χ3v) is 4.58. The summed E-state index contributed by atoms with van der Waals surface area (Å²) in [4.78, 5) is 38.2. The first-order valence-corrected chi connectivity index (χ1v) is 8.95. The van der Waals surface area contributed by atoms with Gasteiger partial charge in [-0.15, -0.1) is 0 Å². The summed E-state index contributed by atoms with van der Waals surface area (Å²) in [6.07, 6.45) is 0. The minimum atomic E-state index is -0.454. The highest BCUT2D eigenvalue weighted by Gasteiger charge is 2.20. The number of hydrogen-bond donors (Lipinski definition) is 2. The topological polar surface area (TPSA) is 95.2 Å². The monoisotopic (exact) mass is 428 g/mol. The van der Waals surface area contributed by atoms with E-state index in [1.165, 1.54) is 11.9 Å². The summed E-state index contributed by atoms with van der Waals surface area (Å²) in [7, 11) is 1.51. The maximum Gasteiger partial charge on any atom is 0.275 e. The normalized spacial score (nSPS) is 10.6. The lowest BCUT2D eigenvalue weighted by Gasteiger charge is -2.17. The van der Waals surface area contributed by atoms with Gasteiger partial charge in [0.1, 0.15) is 0 Å². The summed E-state index contributed by atoms with van der Waals surface area (Å²) in [5.41, 5.74) is 1.31. The van der Waals surface area contributed by atoms with Gasteiger partial charge in [-0.1, -0.05) is 34.1 Å². The molecule has 0 aliphatic heterocycles. The van der Waals surface area contributed by atoms with Gasteiger partial charge >= 0.3 is 0 Å². The van der Waals surface area contributed by atoms with Crippen molar-refractivity contribution in [2.45, 2.75) is 6.92 Å². The number of amides is 2. The standard InChI is InChI=1S/C19H17BrN4O3/c1-11-9-12(20)7-8-15(11)21-16(25)10-24(2)19(27)17-13-5-3-4-6-14(13)18(26)23-22-17/h3-9H,10H2,1-2H3,(H,21,25)(H,23,26). The fourth-order valence-electron chi connectivity index (χ4n) is 2.70. The van der Waals surface area contributed by atoms with Gasteiger partial charge in [-0.3, -0.25) is 14.4 Å². The Balaban J connectivity index is 1.77. The summed E-state index contributed by atoms with van der Waals surface area (Å²) in [6, 6.07) is 12.2. The molecule has 0 fully saturated rings. The van der Waals surface area contributed by atoms with Gasteiger partial charge in [-0.2, -0.15) is 5.10 Å². The van der Waals surface area contributed by atoms with Crippen molar-refractivity contribution in [1.29, 1.82) is 0 Å². The van der Waals surface area contributed by atoms with E-state index < -0.39 is 5.91 Å². The van der Waals surface area contributed by atoms with E-state index in [1.54, 1.807) is 30.3 Å². The van der Waals surface area contributed by atoms with Crippen LogP contribution in [0.3, 0.4) is 0 Å². The number of H-pyrrole nitrogens is 1. The van der Waals surface area contributed by atoms with Crippen LogP contribution in [0.2, 0.25) is 0 Å². The first kappa shape index (κ1) is 18.8. The van der Waals surface area contributed by atoms with Crippen molar-refractivity contribution in [3.8, 4) is 0 Å². The van der Waals surface area contributed by atoms with Gasteiger partial charge in [0.2, 0.25) is 5.91 Å². The molecular weight excluding hydrogens is 412 g/mol. The Morgan fingerprint density at radius 3 is 2.59 bits per heavy atom. The average Bonchev–Trinajstić information content (AvgIpc) is 2.64. The molecule has 1 heterocycles. The number of nitrogens with one attached hydrogen (secondary N) is 2. The largest absolute Gasteiger partial charge is 0.331 e. The second-order valence-electron chi connectivity index (χ2n) is 6.12. The minimum absolute atomic E-state index is 0.0975. The zero-order chi connectivity index (χ0) is 19.6. The van der Waals surface area contributed by atoms with Crippen molar-refractivity contribution in [2.75, 3.05) is 18.9 Å². The predicted octanol–water partition coefficient (Wildman–Crippen LogP) is 2.70. The number of carbonyl (C=O) groups excluding carboxylic acids is 2. The van der Waals surface area contributed by atoms with Crippen molar-refractivity contribution in [1.82, 2.24) is 15.1 Å². The summed E-state index contributed by atoms with van der Waals surface area (Å²) in [5, 5.41) is 9.81. The third kappa shape index (κ3) is 4.06. The Morgan fingerprint density at radius 1 is 1.19 bits per heavy atom. The van der Waals surface area contributed by atoms with E-state index in [0.29, 0.717) is 16.5 Å². The Hall–Kier alpha value is -3.00. The Labute approximate surface area is 163 Å². The van der Waals surface area contributed by atoms with Crippen molar-refractivity contribution < 1.29 is 9.59 Å². The van der Waals surface area contributed by atoms with Gasteiger partial charge in [0.25, 0.3) is 11.5 Å². The molecule has 0 atom stereocenters. The lowest BCUT2D eigenvalue weighted by molar-refractivity contribution is -0.116. The van der Waals surface area contributed by atoms with Crippen molar-refractivity contribution in [2.24, 2.45) is 0 Å². The quantitative estimate of drug-likeness (QED) is 0.667. The number of carbonyl (C=O) groups is 2. The highest BCUT2D eigenvalue weighted by Crippen LogP contribution is 2.20. The first-order valence-electron chi connectivity index (χ1n) is 8.15. The van der Waals surface area contributed by atoms with Gasteiger partial charge in [0.15, 0.2) is 5.69 Å². The van der Waals surface area contributed by atoms with Gasteiger partial charge in [-0.05, 0) is 36.8 Å². The molecule has 2 amide bonds. The zero-order valence-corrected chi connectivity index (χ0v) is 16.3. The second-order valence-corrected chi connectivity index (χ2v) is 7.03. The molecule has 2 aromatic carbocycles. The molecule has 7 nitrogen and oxygen atoms in total. The number of aromatic amines is 1.